The summed E-state index contributed by atoms with van der Waals surface area (Å²) in [7, 11) is 5.41. The number of aliphatic imine (C=N–C) groups is 1. The Hall–Kier alpha value is -4.89. The van der Waals surface area contributed by atoms with Crippen molar-refractivity contribution in [1.29, 1.82) is 0 Å². The minimum absolute atomic E-state index is 0. The van der Waals surface area contributed by atoms with Crippen LogP contribution in [0.15, 0.2) is 108 Å². The van der Waals surface area contributed by atoms with Gasteiger partial charge in [-0.05, 0) is 53.4 Å². The van der Waals surface area contributed by atoms with Crippen molar-refractivity contribution in [2.24, 2.45) is 4.99 Å². The van der Waals surface area contributed by atoms with Crippen LogP contribution in [0.1, 0.15) is 30.0 Å². The van der Waals surface area contributed by atoms with E-state index in [0.717, 1.165) is 39.6 Å². The number of urea groups is 1. The van der Waals surface area contributed by atoms with Crippen LogP contribution in [-0.4, -0.2) is 61.9 Å². The molecule has 0 spiro atoms. The third-order valence-corrected chi connectivity index (χ3v) is 7.77. The molecule has 0 fully saturated rings. The van der Waals surface area contributed by atoms with E-state index < -0.39 is 0 Å². The lowest BCUT2D eigenvalue weighted by Crippen LogP contribution is -2.48. The summed E-state index contributed by atoms with van der Waals surface area (Å²) in [5.74, 6) is 0.283. The molecule has 4 aromatic rings. The molecule has 0 radical (unpaired) electrons. The number of carbonyl (C=O) groups excluding carboxylic acids is 2. The first-order chi connectivity index (χ1) is 21.8. The molecule has 8 nitrogen and oxygen atoms in total. The fourth-order valence-electron chi connectivity index (χ4n) is 5.34. The van der Waals surface area contributed by atoms with Gasteiger partial charge < -0.3 is 25.3 Å². The van der Waals surface area contributed by atoms with Gasteiger partial charge in [-0.3, -0.25) is 4.79 Å². The molecule has 10 heteroatoms. The van der Waals surface area contributed by atoms with E-state index in [1.54, 1.807) is 26.2 Å². The summed E-state index contributed by atoms with van der Waals surface area (Å²) in [6.45, 7) is 1.46. The molecular weight excluding hydrogens is 603 g/mol. The highest BCUT2D eigenvalue weighted by Gasteiger charge is 2.34. The van der Waals surface area contributed by atoms with Gasteiger partial charge in [0, 0.05) is 52.0 Å². The molecule has 1 aliphatic heterocycles. The Morgan fingerprint density at radius 1 is 0.826 bits per heavy atom. The maximum Gasteiger partial charge on any atom is 0.316 e. The van der Waals surface area contributed by atoms with Crippen molar-refractivity contribution in [2.75, 3.05) is 39.1 Å². The van der Waals surface area contributed by atoms with Crippen molar-refractivity contribution >= 4 is 41.7 Å². The standard InChI is InChI=1S/C36H39FN6O2.ClH/c1-41(2)36(45)38-22-9-23-42(3)35-40-32-13-8-7-12-31(32)33(24-34(44)39-25-26-14-18-29(37)19-15-26)43(35)30-20-16-28(17-21-30)27-10-5-4-6-11-27;/h4-8,10-21,33H,9,22-25H2,1-3H3,(H,38,45)(H,39,44);1H. The number of fused-ring (bicyclic) bond motifs is 1. The Morgan fingerprint density at radius 2 is 1.48 bits per heavy atom. The Morgan fingerprint density at radius 3 is 2.17 bits per heavy atom. The highest BCUT2D eigenvalue weighted by atomic mass is 35.5. The van der Waals surface area contributed by atoms with Crippen LogP contribution in [0.5, 0.6) is 0 Å². The van der Waals surface area contributed by atoms with Gasteiger partial charge in [-0.2, -0.15) is 0 Å². The summed E-state index contributed by atoms with van der Waals surface area (Å²) < 4.78 is 13.4. The lowest BCUT2D eigenvalue weighted by atomic mass is 9.96. The van der Waals surface area contributed by atoms with E-state index in [1.165, 1.54) is 17.0 Å². The summed E-state index contributed by atoms with van der Waals surface area (Å²) >= 11 is 0. The van der Waals surface area contributed by atoms with Crippen LogP contribution >= 0.6 is 12.4 Å². The number of halogens is 2. The SMILES string of the molecule is CN(C)C(=O)NCCCN(C)C1=Nc2ccccc2C(CC(=O)NCc2ccc(F)cc2)N1c1ccc(-c2ccccc2)cc1.Cl. The molecule has 46 heavy (non-hydrogen) atoms. The molecule has 1 atom stereocenters. The Labute approximate surface area is 276 Å². The van der Waals surface area contributed by atoms with Gasteiger partial charge in [0.1, 0.15) is 5.82 Å². The van der Waals surface area contributed by atoms with Crippen LogP contribution in [0.25, 0.3) is 11.1 Å². The van der Waals surface area contributed by atoms with Gasteiger partial charge in [0.15, 0.2) is 0 Å². The number of benzene rings is 4. The molecule has 0 bridgehead atoms. The van der Waals surface area contributed by atoms with E-state index >= 15 is 0 Å². The first-order valence-electron chi connectivity index (χ1n) is 15.1. The average molecular weight is 643 g/mol. The van der Waals surface area contributed by atoms with E-state index in [4.69, 9.17) is 4.99 Å². The highest BCUT2D eigenvalue weighted by molar-refractivity contribution is 6.01. The highest BCUT2D eigenvalue weighted by Crippen LogP contribution is 2.40. The molecule has 0 aromatic heterocycles. The molecular formula is C36H40ClFN6O2. The maximum atomic E-state index is 13.5. The third-order valence-electron chi connectivity index (χ3n) is 7.77. The number of anilines is 1. The fraction of sp³-hybridized carbons (Fsp3) is 0.250. The summed E-state index contributed by atoms with van der Waals surface area (Å²) in [4.78, 5) is 36.3. The predicted molar refractivity (Wildman–Crippen MR) is 185 cm³/mol. The van der Waals surface area contributed by atoms with Gasteiger partial charge in [-0.1, -0.05) is 72.8 Å². The number of hydrogen-bond donors (Lipinski definition) is 2. The number of nitrogens with zero attached hydrogens (tertiary/aromatic N) is 4. The minimum Gasteiger partial charge on any atom is -0.352 e. The zero-order valence-corrected chi connectivity index (χ0v) is 27.1. The molecule has 1 heterocycles. The number of hydrogen-bond acceptors (Lipinski definition) is 5. The second-order valence-corrected chi connectivity index (χ2v) is 11.3. The number of guanidine groups is 1. The summed E-state index contributed by atoms with van der Waals surface area (Å²) in [5, 5.41) is 5.94. The van der Waals surface area contributed by atoms with Crippen LogP contribution < -0.4 is 15.5 Å². The zero-order chi connectivity index (χ0) is 31.8. The Balaban J connectivity index is 0.00000480. The lowest BCUT2D eigenvalue weighted by Gasteiger charge is -2.41. The Bertz CT molecular complexity index is 1630. The van der Waals surface area contributed by atoms with Crippen molar-refractivity contribution in [1.82, 2.24) is 20.4 Å². The second kappa shape index (κ2) is 15.9. The zero-order valence-electron chi connectivity index (χ0n) is 26.3. The molecule has 1 unspecified atom stereocenters. The average Bonchev–Trinajstić information content (AvgIpc) is 3.06. The number of nitrogens with one attached hydrogen (secondary N) is 2. The van der Waals surface area contributed by atoms with Crippen molar-refractivity contribution in [2.45, 2.75) is 25.4 Å². The first kappa shape index (κ1) is 34.0. The summed E-state index contributed by atoms with van der Waals surface area (Å²) in [6.07, 6.45) is 0.894. The Kier molecular flexibility index (Phi) is 11.8. The normalized spacial score (nSPS) is 13.5. The van der Waals surface area contributed by atoms with Crippen LogP contribution in [-0.2, 0) is 11.3 Å². The minimum atomic E-state index is -0.333. The molecule has 2 N–H and O–H groups in total. The molecule has 3 amide bonds. The number of amides is 3. The van der Waals surface area contributed by atoms with Gasteiger partial charge in [0.05, 0.1) is 18.2 Å². The van der Waals surface area contributed by atoms with E-state index in [-0.39, 0.29) is 42.6 Å². The first-order valence-corrected chi connectivity index (χ1v) is 15.1. The smallest absolute Gasteiger partial charge is 0.316 e. The van der Waals surface area contributed by atoms with Crippen LogP contribution in [0.3, 0.4) is 0 Å². The van der Waals surface area contributed by atoms with E-state index in [2.05, 4.69) is 56.8 Å². The van der Waals surface area contributed by atoms with Crippen LogP contribution in [0, 0.1) is 5.82 Å². The largest absolute Gasteiger partial charge is 0.352 e. The molecule has 0 saturated carbocycles. The van der Waals surface area contributed by atoms with Gasteiger partial charge in [-0.15, -0.1) is 12.4 Å². The van der Waals surface area contributed by atoms with E-state index in [1.807, 2.05) is 49.5 Å². The third kappa shape index (κ3) is 8.43. The number of carbonyl (C=O) groups is 2. The summed E-state index contributed by atoms with van der Waals surface area (Å²) in [5.41, 5.74) is 5.72. The second-order valence-electron chi connectivity index (χ2n) is 11.3. The molecule has 5 rings (SSSR count). The van der Waals surface area contributed by atoms with E-state index in [9.17, 15) is 14.0 Å². The molecule has 0 saturated heterocycles. The maximum absolute atomic E-state index is 13.5. The quantitative estimate of drug-likeness (QED) is 0.187. The van der Waals surface area contributed by atoms with Crippen molar-refractivity contribution in [3.05, 3.63) is 120 Å². The van der Waals surface area contributed by atoms with Gasteiger partial charge >= 0.3 is 6.03 Å². The number of rotatable bonds is 10. The molecule has 240 valence electrons. The fourth-order valence-corrected chi connectivity index (χ4v) is 5.34. The monoisotopic (exact) mass is 642 g/mol. The van der Waals surface area contributed by atoms with E-state index in [0.29, 0.717) is 26.1 Å². The lowest BCUT2D eigenvalue weighted by molar-refractivity contribution is -0.121. The van der Waals surface area contributed by atoms with Crippen LogP contribution in [0.2, 0.25) is 0 Å². The molecule has 4 aromatic carbocycles. The van der Waals surface area contributed by atoms with Gasteiger partial charge in [-0.25, -0.2) is 14.2 Å². The van der Waals surface area contributed by atoms with Crippen molar-refractivity contribution < 1.29 is 14.0 Å². The summed E-state index contributed by atoms with van der Waals surface area (Å²) in [6, 6.07) is 32.1. The predicted octanol–water partition coefficient (Wildman–Crippen LogP) is 6.76. The van der Waals surface area contributed by atoms with Crippen molar-refractivity contribution in [3.63, 3.8) is 0 Å². The number of para-hydroxylation sites is 1. The molecule has 0 aliphatic carbocycles. The molecule has 1 aliphatic rings. The topological polar surface area (TPSA) is 80.3 Å². The van der Waals surface area contributed by atoms with Gasteiger partial charge in [0.25, 0.3) is 0 Å². The van der Waals surface area contributed by atoms with Crippen molar-refractivity contribution in [3.8, 4) is 11.1 Å². The van der Waals surface area contributed by atoms with Gasteiger partial charge in [0.2, 0.25) is 11.9 Å². The van der Waals surface area contributed by atoms with Crippen LogP contribution in [0.4, 0.5) is 20.6 Å².